The van der Waals surface area contributed by atoms with Crippen molar-refractivity contribution in [2.45, 2.75) is 18.5 Å². The number of aliphatic hydroxyl groups is 1. The molecule has 0 amide bonds. The number of rotatable bonds is 3. The Morgan fingerprint density at radius 1 is 1.10 bits per heavy atom. The molecule has 0 aliphatic heterocycles. The Kier molecular flexibility index (Phi) is 4.32. The minimum atomic E-state index is -5.57. The molecule has 4 nitrogen and oxygen atoms in total. The third-order valence-corrected chi connectivity index (χ3v) is 2.44. The molecule has 116 valence electrons. The molecule has 21 heavy (non-hydrogen) atoms. The van der Waals surface area contributed by atoms with E-state index >= 15 is 0 Å². The van der Waals surface area contributed by atoms with Crippen LogP contribution in [0.15, 0.2) is 12.1 Å². The molecule has 1 atom stereocenters. The number of aliphatic hydroxyl groups excluding tert-OH is 1. The van der Waals surface area contributed by atoms with Crippen molar-refractivity contribution < 1.29 is 46.1 Å². The number of aliphatic carboxylic acids is 1. The summed E-state index contributed by atoms with van der Waals surface area (Å²) >= 11 is 0. The van der Waals surface area contributed by atoms with Gasteiger partial charge in [0.25, 0.3) is 0 Å². The maximum absolute atomic E-state index is 12.8. The first kappa shape index (κ1) is 17.0. The van der Waals surface area contributed by atoms with Crippen molar-refractivity contribution in [3.8, 4) is 0 Å². The fraction of sp³-hybridized carbons (Fsp3) is 0.273. The predicted octanol–water partition coefficient (Wildman–Crippen LogP) is 2.65. The number of hydrogen-bond acceptors (Lipinski definition) is 3. The number of halogens is 6. The van der Waals surface area contributed by atoms with Crippen LogP contribution in [0.2, 0.25) is 0 Å². The van der Waals surface area contributed by atoms with Crippen molar-refractivity contribution in [3.63, 3.8) is 0 Å². The van der Waals surface area contributed by atoms with Gasteiger partial charge in [-0.2, -0.15) is 26.3 Å². The van der Waals surface area contributed by atoms with Crippen LogP contribution in [-0.4, -0.2) is 22.5 Å². The summed E-state index contributed by atoms with van der Waals surface area (Å²) in [6, 6.07) is 0.192. The van der Waals surface area contributed by atoms with Gasteiger partial charge in [0.2, 0.25) is 0 Å². The SMILES string of the molecule is O=Cc1cc(C(O)C(=O)O)c(C(F)(F)F)c(C(F)(F)F)c1. The van der Waals surface area contributed by atoms with E-state index in [9.17, 15) is 35.9 Å². The lowest BCUT2D eigenvalue weighted by atomic mass is 9.93. The van der Waals surface area contributed by atoms with Crippen LogP contribution in [-0.2, 0) is 17.1 Å². The predicted molar refractivity (Wildman–Crippen MR) is 54.4 cm³/mol. The zero-order valence-electron chi connectivity index (χ0n) is 9.79. The number of carboxylic acid groups (broad SMARTS) is 1. The zero-order valence-corrected chi connectivity index (χ0v) is 9.79. The summed E-state index contributed by atoms with van der Waals surface area (Å²) in [6.45, 7) is 0. The molecule has 2 N–H and O–H groups in total. The van der Waals surface area contributed by atoms with Crippen LogP contribution in [0.1, 0.15) is 33.2 Å². The largest absolute Gasteiger partial charge is 0.479 e. The minimum Gasteiger partial charge on any atom is -0.479 e. The van der Waals surface area contributed by atoms with Crippen LogP contribution in [0.3, 0.4) is 0 Å². The lowest BCUT2D eigenvalue weighted by Crippen LogP contribution is -2.23. The first-order valence-electron chi connectivity index (χ1n) is 5.08. The molecule has 1 unspecified atom stereocenters. The molecular weight excluding hydrogens is 310 g/mol. The van der Waals surface area contributed by atoms with Gasteiger partial charge in [0.15, 0.2) is 6.10 Å². The zero-order chi connectivity index (χ0) is 16.6. The van der Waals surface area contributed by atoms with E-state index < -0.39 is 46.7 Å². The fourth-order valence-corrected chi connectivity index (χ4v) is 1.64. The van der Waals surface area contributed by atoms with E-state index in [2.05, 4.69) is 0 Å². The number of carbonyl (C=O) groups excluding carboxylic acids is 1. The number of aldehydes is 1. The van der Waals surface area contributed by atoms with Crippen molar-refractivity contribution in [2.75, 3.05) is 0 Å². The summed E-state index contributed by atoms with van der Waals surface area (Å²) in [5.74, 6) is -2.18. The number of carbonyl (C=O) groups is 2. The van der Waals surface area contributed by atoms with Gasteiger partial charge in [-0.05, 0) is 12.1 Å². The molecular formula is C11H6F6O4. The molecule has 1 rings (SSSR count). The highest BCUT2D eigenvalue weighted by atomic mass is 19.4. The number of hydrogen-bond donors (Lipinski definition) is 2. The maximum atomic E-state index is 12.8. The van der Waals surface area contributed by atoms with Crippen molar-refractivity contribution in [1.29, 1.82) is 0 Å². The summed E-state index contributed by atoms with van der Waals surface area (Å²) in [4.78, 5) is 21.1. The molecule has 0 fully saturated rings. The first-order valence-corrected chi connectivity index (χ1v) is 5.08. The summed E-state index contributed by atoms with van der Waals surface area (Å²) in [6.07, 6.45) is -14.1. The van der Waals surface area contributed by atoms with Gasteiger partial charge in [-0.15, -0.1) is 0 Å². The third kappa shape index (κ3) is 3.51. The fourth-order valence-electron chi connectivity index (χ4n) is 1.64. The van der Waals surface area contributed by atoms with Gasteiger partial charge in [-0.1, -0.05) is 0 Å². The van der Waals surface area contributed by atoms with Gasteiger partial charge in [0.1, 0.15) is 6.29 Å². The Morgan fingerprint density at radius 2 is 1.62 bits per heavy atom. The van der Waals surface area contributed by atoms with E-state index in [0.29, 0.717) is 0 Å². The number of alkyl halides is 6. The van der Waals surface area contributed by atoms with E-state index in [1.807, 2.05) is 0 Å². The molecule has 0 saturated carbocycles. The Hall–Kier alpha value is -2.10. The van der Waals surface area contributed by atoms with Crippen LogP contribution in [0.25, 0.3) is 0 Å². The molecule has 0 radical (unpaired) electrons. The third-order valence-electron chi connectivity index (χ3n) is 2.44. The second-order valence-electron chi connectivity index (χ2n) is 3.89. The van der Waals surface area contributed by atoms with Gasteiger partial charge in [-0.3, -0.25) is 4.79 Å². The van der Waals surface area contributed by atoms with Crippen molar-refractivity contribution in [1.82, 2.24) is 0 Å². The van der Waals surface area contributed by atoms with Gasteiger partial charge in [-0.25, -0.2) is 4.79 Å². The average molecular weight is 316 g/mol. The Bertz CT molecular complexity index is 575. The first-order chi connectivity index (χ1) is 9.39. The lowest BCUT2D eigenvalue weighted by molar-refractivity contribution is -0.164. The van der Waals surface area contributed by atoms with Crippen molar-refractivity contribution >= 4 is 12.3 Å². The van der Waals surface area contributed by atoms with Crippen LogP contribution < -0.4 is 0 Å². The van der Waals surface area contributed by atoms with Crippen LogP contribution in [0.5, 0.6) is 0 Å². The Morgan fingerprint density at radius 3 is 1.95 bits per heavy atom. The smallest absolute Gasteiger partial charge is 0.417 e. The molecule has 0 saturated heterocycles. The van der Waals surface area contributed by atoms with Gasteiger partial charge >= 0.3 is 18.3 Å². The van der Waals surface area contributed by atoms with Crippen LogP contribution in [0.4, 0.5) is 26.3 Å². The van der Waals surface area contributed by atoms with E-state index in [1.54, 1.807) is 0 Å². The topological polar surface area (TPSA) is 74.6 Å². The average Bonchev–Trinajstić information content (AvgIpc) is 2.33. The summed E-state index contributed by atoms with van der Waals surface area (Å²) < 4.78 is 76.5. The van der Waals surface area contributed by atoms with Gasteiger partial charge in [0, 0.05) is 11.1 Å². The maximum Gasteiger partial charge on any atom is 0.417 e. The Balaban J connectivity index is 3.84. The molecule has 0 spiro atoms. The minimum absolute atomic E-state index is 0.0616. The highest BCUT2D eigenvalue weighted by Gasteiger charge is 2.46. The highest BCUT2D eigenvalue weighted by Crippen LogP contribution is 2.44. The molecule has 1 aromatic carbocycles. The van der Waals surface area contributed by atoms with E-state index in [-0.39, 0.29) is 18.4 Å². The number of benzene rings is 1. The van der Waals surface area contributed by atoms with E-state index in [1.165, 1.54) is 0 Å². The standard InChI is InChI=1S/C11H6F6O4/c12-10(13,14)6-2-4(3-18)1-5(8(19)9(20)21)7(6)11(15,16)17/h1-3,8,19H,(H,20,21). The summed E-state index contributed by atoms with van der Waals surface area (Å²) in [7, 11) is 0. The number of carboxylic acids is 1. The molecule has 0 aliphatic carbocycles. The molecule has 0 heterocycles. The normalized spacial score (nSPS) is 13.9. The molecule has 1 aromatic rings. The quantitative estimate of drug-likeness (QED) is 0.664. The monoisotopic (exact) mass is 316 g/mol. The van der Waals surface area contributed by atoms with Crippen molar-refractivity contribution in [3.05, 3.63) is 34.4 Å². The molecule has 10 heteroatoms. The highest BCUT2D eigenvalue weighted by molar-refractivity contribution is 5.80. The van der Waals surface area contributed by atoms with E-state index in [0.717, 1.165) is 0 Å². The second-order valence-corrected chi connectivity index (χ2v) is 3.89. The summed E-state index contributed by atoms with van der Waals surface area (Å²) in [5, 5.41) is 17.7. The van der Waals surface area contributed by atoms with Crippen LogP contribution >= 0.6 is 0 Å². The van der Waals surface area contributed by atoms with Gasteiger partial charge < -0.3 is 10.2 Å². The lowest BCUT2D eigenvalue weighted by Gasteiger charge is -2.21. The van der Waals surface area contributed by atoms with E-state index in [4.69, 9.17) is 10.2 Å². The van der Waals surface area contributed by atoms with Crippen LogP contribution in [0, 0.1) is 0 Å². The second kappa shape index (κ2) is 5.35. The summed E-state index contributed by atoms with van der Waals surface area (Å²) in [5.41, 5.74) is -6.97. The van der Waals surface area contributed by atoms with Crippen molar-refractivity contribution in [2.24, 2.45) is 0 Å². The van der Waals surface area contributed by atoms with Gasteiger partial charge in [0.05, 0.1) is 11.1 Å². The molecule has 0 aliphatic rings. The molecule has 0 aromatic heterocycles. The Labute approximate surface area is 112 Å². The molecule has 0 bridgehead atoms.